The zero-order valence-corrected chi connectivity index (χ0v) is 15.1. The van der Waals surface area contributed by atoms with Crippen molar-refractivity contribution in [2.75, 3.05) is 14.2 Å². The lowest BCUT2D eigenvalue weighted by Crippen LogP contribution is -2.27. The molecule has 26 heavy (non-hydrogen) atoms. The van der Waals surface area contributed by atoms with Gasteiger partial charge >= 0.3 is 6.18 Å². The molecular weight excluding hydrogens is 371 g/mol. The molecule has 0 heterocycles. The van der Waals surface area contributed by atoms with Crippen LogP contribution in [0.5, 0.6) is 11.5 Å². The zero-order valence-electron chi connectivity index (χ0n) is 14.3. The second-order valence-corrected chi connectivity index (χ2v) is 7.19. The van der Waals surface area contributed by atoms with Crippen LogP contribution in [-0.4, -0.2) is 22.6 Å². The van der Waals surface area contributed by atoms with Crippen molar-refractivity contribution >= 4 is 10.0 Å². The van der Waals surface area contributed by atoms with Crippen LogP contribution in [0.4, 0.5) is 13.2 Å². The fraction of sp³-hybridized carbons (Fsp3) is 0.294. The number of nitrogens with one attached hydrogen (secondary N) is 1. The number of hydrogen-bond acceptors (Lipinski definition) is 4. The summed E-state index contributed by atoms with van der Waals surface area (Å²) in [6.45, 7) is 1.60. The van der Waals surface area contributed by atoms with Gasteiger partial charge in [-0.15, -0.1) is 0 Å². The maximum Gasteiger partial charge on any atom is 0.416 e. The molecule has 0 unspecified atom stereocenters. The molecule has 0 amide bonds. The minimum Gasteiger partial charge on any atom is -0.497 e. The number of methoxy groups -OCH3 is 2. The molecule has 0 aliphatic rings. The first-order valence-electron chi connectivity index (χ1n) is 7.50. The molecule has 2 aromatic rings. The Labute approximate surface area is 149 Å². The monoisotopic (exact) mass is 389 g/mol. The molecule has 0 aliphatic heterocycles. The third-order valence-corrected chi connectivity index (χ3v) is 5.28. The van der Waals surface area contributed by atoms with Gasteiger partial charge in [-0.3, -0.25) is 0 Å². The van der Waals surface area contributed by atoms with Crippen molar-refractivity contribution in [3.05, 3.63) is 53.6 Å². The lowest BCUT2D eigenvalue weighted by atomic mass is 10.1. The van der Waals surface area contributed by atoms with E-state index in [1.54, 1.807) is 25.1 Å². The number of ether oxygens (including phenoxy) is 2. The van der Waals surface area contributed by atoms with Gasteiger partial charge in [-0.1, -0.05) is 0 Å². The fourth-order valence-electron chi connectivity index (χ4n) is 2.37. The minimum absolute atomic E-state index is 0.265. The fourth-order valence-corrected chi connectivity index (χ4v) is 3.59. The Morgan fingerprint density at radius 2 is 1.62 bits per heavy atom. The van der Waals surface area contributed by atoms with Crippen molar-refractivity contribution in [2.24, 2.45) is 0 Å². The molecule has 142 valence electrons. The highest BCUT2D eigenvalue weighted by molar-refractivity contribution is 7.89. The molecule has 0 saturated heterocycles. The van der Waals surface area contributed by atoms with Gasteiger partial charge in [0.2, 0.25) is 10.0 Å². The van der Waals surface area contributed by atoms with Gasteiger partial charge in [0.05, 0.1) is 24.7 Å². The summed E-state index contributed by atoms with van der Waals surface area (Å²) in [6, 6.07) is 7.51. The van der Waals surface area contributed by atoms with Gasteiger partial charge in [-0.05, 0) is 49.4 Å². The number of benzene rings is 2. The van der Waals surface area contributed by atoms with Crippen LogP contribution in [-0.2, 0) is 16.2 Å². The van der Waals surface area contributed by atoms with E-state index < -0.39 is 27.8 Å². The Hall–Kier alpha value is -2.26. The topological polar surface area (TPSA) is 64.6 Å². The predicted octanol–water partition coefficient (Wildman–Crippen LogP) is 3.76. The first-order valence-corrected chi connectivity index (χ1v) is 8.98. The Morgan fingerprint density at radius 3 is 2.12 bits per heavy atom. The quantitative estimate of drug-likeness (QED) is 0.817. The van der Waals surface area contributed by atoms with Gasteiger partial charge in [0, 0.05) is 11.6 Å². The van der Waals surface area contributed by atoms with Crippen LogP contribution >= 0.6 is 0 Å². The molecule has 0 fully saturated rings. The minimum atomic E-state index is -4.53. The molecule has 0 aromatic heterocycles. The smallest absolute Gasteiger partial charge is 0.416 e. The number of halogens is 3. The average Bonchev–Trinajstić information content (AvgIpc) is 2.60. The van der Waals surface area contributed by atoms with Gasteiger partial charge in [0.25, 0.3) is 0 Å². The van der Waals surface area contributed by atoms with Crippen LogP contribution in [0.15, 0.2) is 47.4 Å². The van der Waals surface area contributed by atoms with Crippen molar-refractivity contribution in [3.8, 4) is 11.5 Å². The van der Waals surface area contributed by atoms with E-state index in [0.717, 1.165) is 24.3 Å². The highest BCUT2D eigenvalue weighted by Crippen LogP contribution is 2.32. The molecule has 1 atom stereocenters. The lowest BCUT2D eigenvalue weighted by molar-refractivity contribution is -0.137. The highest BCUT2D eigenvalue weighted by Gasteiger charge is 2.31. The lowest BCUT2D eigenvalue weighted by Gasteiger charge is -2.18. The number of hydrogen-bond donors (Lipinski definition) is 1. The standard InChI is InChI=1S/C17H18F3NO4S/c1-11(15-10-13(24-2)6-9-16(15)25-3)21-26(22,23)14-7-4-12(5-8-14)17(18,19)20/h4-11,21H,1-3H3/t11-/m1/s1. The number of rotatable bonds is 6. The van der Waals surface area contributed by atoms with Crippen molar-refractivity contribution in [1.82, 2.24) is 4.72 Å². The van der Waals surface area contributed by atoms with Gasteiger partial charge in [0.1, 0.15) is 11.5 Å². The Kier molecular flexibility index (Phi) is 5.82. The predicted molar refractivity (Wildman–Crippen MR) is 89.7 cm³/mol. The number of alkyl halides is 3. The Balaban J connectivity index is 2.29. The number of sulfonamides is 1. The molecule has 0 bridgehead atoms. The Bertz CT molecular complexity index is 865. The second kappa shape index (κ2) is 7.55. The molecule has 9 heteroatoms. The third kappa shape index (κ3) is 4.47. The summed E-state index contributed by atoms with van der Waals surface area (Å²) in [5.41, 5.74) is -0.388. The molecule has 1 N–H and O–H groups in total. The third-order valence-electron chi connectivity index (χ3n) is 3.73. The summed E-state index contributed by atoms with van der Waals surface area (Å²) in [6.07, 6.45) is -4.53. The molecular formula is C17H18F3NO4S. The van der Waals surface area contributed by atoms with Gasteiger partial charge in [-0.2, -0.15) is 13.2 Å². The van der Waals surface area contributed by atoms with E-state index in [-0.39, 0.29) is 4.90 Å². The normalized spacial score (nSPS) is 13.3. The van der Waals surface area contributed by atoms with Gasteiger partial charge in [0.15, 0.2) is 0 Å². The molecule has 2 rings (SSSR count). The van der Waals surface area contributed by atoms with E-state index in [0.29, 0.717) is 17.1 Å². The van der Waals surface area contributed by atoms with Crippen LogP contribution in [0, 0.1) is 0 Å². The summed E-state index contributed by atoms with van der Waals surface area (Å²) in [7, 11) is -1.11. The highest BCUT2D eigenvalue weighted by atomic mass is 32.2. The van der Waals surface area contributed by atoms with Gasteiger partial charge < -0.3 is 9.47 Å². The second-order valence-electron chi connectivity index (χ2n) is 5.47. The SMILES string of the molecule is COc1ccc(OC)c([C@@H](C)NS(=O)(=O)c2ccc(C(F)(F)F)cc2)c1. The van der Waals surface area contributed by atoms with E-state index in [1.807, 2.05) is 0 Å². The van der Waals surface area contributed by atoms with E-state index in [9.17, 15) is 21.6 Å². The first-order chi connectivity index (χ1) is 12.1. The summed E-state index contributed by atoms with van der Waals surface area (Å²) in [5, 5.41) is 0. The van der Waals surface area contributed by atoms with Crippen molar-refractivity contribution < 1.29 is 31.1 Å². The summed E-state index contributed by atoms with van der Waals surface area (Å²) >= 11 is 0. The molecule has 0 spiro atoms. The molecule has 0 radical (unpaired) electrons. The summed E-state index contributed by atoms with van der Waals surface area (Å²) in [5.74, 6) is 0.967. The maximum atomic E-state index is 12.6. The molecule has 2 aromatic carbocycles. The van der Waals surface area contributed by atoms with Crippen molar-refractivity contribution in [2.45, 2.75) is 24.0 Å². The van der Waals surface area contributed by atoms with E-state index >= 15 is 0 Å². The average molecular weight is 389 g/mol. The maximum absolute atomic E-state index is 12.6. The molecule has 5 nitrogen and oxygen atoms in total. The van der Waals surface area contributed by atoms with Crippen LogP contribution in [0.1, 0.15) is 24.1 Å². The Morgan fingerprint density at radius 1 is 1.00 bits per heavy atom. The van der Waals surface area contributed by atoms with Crippen LogP contribution in [0.2, 0.25) is 0 Å². The zero-order chi connectivity index (χ0) is 19.5. The largest absolute Gasteiger partial charge is 0.497 e. The van der Waals surface area contributed by atoms with Crippen LogP contribution < -0.4 is 14.2 Å². The van der Waals surface area contributed by atoms with Crippen LogP contribution in [0.3, 0.4) is 0 Å². The summed E-state index contributed by atoms with van der Waals surface area (Å²) in [4.78, 5) is -0.265. The summed E-state index contributed by atoms with van der Waals surface area (Å²) < 4.78 is 75.5. The van der Waals surface area contributed by atoms with Crippen LogP contribution in [0.25, 0.3) is 0 Å². The van der Waals surface area contributed by atoms with E-state index in [2.05, 4.69) is 4.72 Å². The van der Waals surface area contributed by atoms with Gasteiger partial charge in [-0.25, -0.2) is 13.1 Å². The van der Waals surface area contributed by atoms with Crippen molar-refractivity contribution in [1.29, 1.82) is 0 Å². The molecule has 0 saturated carbocycles. The first kappa shape index (κ1) is 20.1. The van der Waals surface area contributed by atoms with E-state index in [4.69, 9.17) is 9.47 Å². The van der Waals surface area contributed by atoms with Crippen molar-refractivity contribution in [3.63, 3.8) is 0 Å². The molecule has 0 aliphatic carbocycles. The van der Waals surface area contributed by atoms with E-state index in [1.165, 1.54) is 14.2 Å².